The summed E-state index contributed by atoms with van der Waals surface area (Å²) >= 11 is 0. The zero-order valence-electron chi connectivity index (χ0n) is 19.6. The molecule has 0 saturated heterocycles. The fraction of sp³-hybridized carbons (Fsp3) is 1.00. The van der Waals surface area contributed by atoms with Gasteiger partial charge < -0.3 is 0 Å². The Labute approximate surface area is 170 Å². The zero-order chi connectivity index (χ0) is 19.6. The highest BCUT2D eigenvalue weighted by molar-refractivity contribution is 7.71. The van der Waals surface area contributed by atoms with Crippen LogP contribution in [0.3, 0.4) is 0 Å². The minimum Gasteiger partial charge on any atom is -0.0657 e. The van der Waals surface area contributed by atoms with Gasteiger partial charge in [0.05, 0.1) is 0 Å². The van der Waals surface area contributed by atoms with Gasteiger partial charge in [-0.25, -0.2) is 0 Å². The van der Waals surface area contributed by atoms with Gasteiger partial charge in [0.15, 0.2) is 0 Å². The van der Waals surface area contributed by atoms with E-state index in [4.69, 9.17) is 0 Å². The van der Waals surface area contributed by atoms with E-state index in [0.717, 1.165) is 11.1 Å². The number of hydrogen-bond acceptors (Lipinski definition) is 0. The first-order valence-electron chi connectivity index (χ1n) is 11.8. The lowest BCUT2D eigenvalue weighted by molar-refractivity contribution is 0.839. The van der Waals surface area contributed by atoms with Crippen LogP contribution in [0.25, 0.3) is 0 Å². The van der Waals surface area contributed by atoms with Crippen LogP contribution in [0.4, 0.5) is 0 Å². The summed E-state index contributed by atoms with van der Waals surface area (Å²) in [6.07, 6.45) is 7.48. The van der Waals surface area contributed by atoms with E-state index >= 15 is 0 Å². The second-order valence-corrected chi connectivity index (χ2v) is 46.7. The van der Waals surface area contributed by atoms with Gasteiger partial charge in [-0.3, -0.25) is 0 Å². The second-order valence-electron chi connectivity index (χ2n) is 9.56. The SMILES string of the molecule is CCC(C)[SiH2][SiH](C(C)CC)[SiH](C(C)CC)[SiH]([SiH2]C(C)CC)C(C)CC. The van der Waals surface area contributed by atoms with E-state index in [1.165, 1.54) is 48.7 Å². The molecule has 0 nitrogen and oxygen atoms in total. The molecular formula is C20H52Si5. The zero-order valence-corrected chi connectivity index (χ0v) is 25.9. The molecule has 5 heteroatoms. The third-order valence-electron chi connectivity index (χ3n) is 7.78. The lowest BCUT2D eigenvalue weighted by Crippen LogP contribution is -2.60. The smallest absolute Gasteiger partial charge is 0.0182 e. The van der Waals surface area contributed by atoms with E-state index in [9.17, 15) is 0 Å². The second kappa shape index (κ2) is 14.1. The van der Waals surface area contributed by atoms with Crippen molar-refractivity contribution in [3.05, 3.63) is 0 Å². The van der Waals surface area contributed by atoms with Gasteiger partial charge >= 0.3 is 0 Å². The highest BCUT2D eigenvalue weighted by Crippen LogP contribution is 2.32. The molecule has 0 rings (SSSR count). The van der Waals surface area contributed by atoms with Gasteiger partial charge in [-0.2, -0.15) is 0 Å². The van der Waals surface area contributed by atoms with Crippen molar-refractivity contribution in [2.24, 2.45) is 0 Å². The summed E-state index contributed by atoms with van der Waals surface area (Å²) in [6.45, 7) is 25.9. The Morgan fingerprint density at radius 2 is 0.840 bits per heavy atom. The van der Waals surface area contributed by atoms with E-state index in [-0.39, 0.29) is 18.1 Å². The minimum atomic E-state index is -0.448. The van der Waals surface area contributed by atoms with Crippen molar-refractivity contribution in [3.8, 4) is 0 Å². The van der Waals surface area contributed by atoms with Crippen LogP contribution in [0.1, 0.15) is 101 Å². The quantitative estimate of drug-likeness (QED) is 0.339. The van der Waals surface area contributed by atoms with Crippen LogP contribution in [0.15, 0.2) is 0 Å². The Hall–Kier alpha value is 1.08. The number of hydrogen-bond donors (Lipinski definition) is 0. The first-order chi connectivity index (χ1) is 11.8. The van der Waals surface area contributed by atoms with Gasteiger partial charge in [0, 0.05) is 41.6 Å². The largest absolute Gasteiger partial charge is 0.0657 e. The normalized spacial score (nSPS) is 22.8. The molecule has 0 fully saturated rings. The van der Waals surface area contributed by atoms with Gasteiger partial charge in [-0.05, 0) is 0 Å². The van der Waals surface area contributed by atoms with Gasteiger partial charge in [0.2, 0.25) is 0 Å². The highest BCUT2D eigenvalue weighted by Gasteiger charge is 2.41. The van der Waals surface area contributed by atoms with E-state index in [1.54, 1.807) is 0 Å². The summed E-state index contributed by atoms with van der Waals surface area (Å²) < 4.78 is 0. The van der Waals surface area contributed by atoms with Crippen LogP contribution in [0.2, 0.25) is 27.7 Å². The topological polar surface area (TPSA) is 0 Å². The number of rotatable bonds is 14. The van der Waals surface area contributed by atoms with Crippen molar-refractivity contribution < 1.29 is 0 Å². The van der Waals surface area contributed by atoms with Crippen LogP contribution in [0.5, 0.6) is 0 Å². The van der Waals surface area contributed by atoms with Crippen molar-refractivity contribution in [2.75, 3.05) is 0 Å². The summed E-state index contributed by atoms with van der Waals surface area (Å²) in [7, 11) is -0.830. The van der Waals surface area contributed by atoms with Crippen LogP contribution >= 0.6 is 0 Å². The molecule has 0 N–H and O–H groups in total. The molecule has 0 saturated carbocycles. The molecule has 152 valence electrons. The van der Waals surface area contributed by atoms with Gasteiger partial charge in [0.25, 0.3) is 0 Å². The summed E-state index contributed by atoms with van der Waals surface area (Å²) in [5.74, 6) is 0. The average Bonchev–Trinajstić information content (AvgIpc) is 2.64. The maximum absolute atomic E-state index is 2.73. The Balaban J connectivity index is 5.80. The Kier molecular flexibility index (Phi) is 14.7. The first-order valence-corrected chi connectivity index (χ1v) is 27.3. The van der Waals surface area contributed by atoms with E-state index in [0.29, 0.717) is 0 Å². The molecule has 0 heterocycles. The molecule has 0 aliphatic rings. The maximum Gasteiger partial charge on any atom is 0.0182 e. The molecular weight excluding hydrogens is 381 g/mol. The predicted octanol–water partition coefficient (Wildman–Crippen LogP) is 4.99. The summed E-state index contributed by atoms with van der Waals surface area (Å²) in [6, 6.07) is 0. The van der Waals surface area contributed by atoms with Gasteiger partial charge in [-0.1, -0.05) is 129 Å². The Bertz CT molecular complexity index is 299. The molecule has 0 aliphatic heterocycles. The fourth-order valence-electron chi connectivity index (χ4n) is 4.84. The maximum atomic E-state index is 2.73. The monoisotopic (exact) mass is 432 g/mol. The molecule has 0 amide bonds. The highest BCUT2D eigenvalue weighted by atomic mass is 29.9. The first kappa shape index (κ1) is 26.1. The van der Waals surface area contributed by atoms with E-state index < -0.39 is 23.5 Å². The standard InChI is InChI=1S/C20H52Si5/c1-11-16(6)21-23(18(8)13-3)25(20(10)15-5)24(19(9)14-4)22-17(7)12-2/h16-20,23-25H,11-15,21-22H2,1-10H3. The Morgan fingerprint density at radius 1 is 0.520 bits per heavy atom. The molecule has 0 aromatic rings. The van der Waals surface area contributed by atoms with E-state index in [1.807, 2.05) is 0 Å². The van der Waals surface area contributed by atoms with Crippen LogP contribution in [-0.4, -0.2) is 41.6 Å². The van der Waals surface area contributed by atoms with Crippen LogP contribution < -0.4 is 0 Å². The molecule has 7 atom stereocenters. The van der Waals surface area contributed by atoms with Gasteiger partial charge in [0.1, 0.15) is 0 Å². The summed E-state index contributed by atoms with van der Waals surface area (Å²) in [5, 5.41) is 0. The van der Waals surface area contributed by atoms with Crippen molar-refractivity contribution >= 4 is 41.6 Å². The third-order valence-corrected chi connectivity index (χ3v) is 79.4. The summed E-state index contributed by atoms with van der Waals surface area (Å²) in [4.78, 5) is 0. The lowest BCUT2D eigenvalue weighted by atomic mass is 10.4. The average molecular weight is 433 g/mol. The molecule has 0 radical (unpaired) electrons. The van der Waals surface area contributed by atoms with Crippen LogP contribution in [-0.2, 0) is 0 Å². The molecule has 25 heavy (non-hydrogen) atoms. The summed E-state index contributed by atoms with van der Waals surface area (Å²) in [5.41, 5.74) is 5.82. The minimum absolute atomic E-state index is 0.227. The molecule has 0 spiro atoms. The van der Waals surface area contributed by atoms with E-state index in [2.05, 4.69) is 69.2 Å². The van der Waals surface area contributed by atoms with Crippen LogP contribution in [0, 0.1) is 0 Å². The van der Waals surface area contributed by atoms with Crippen molar-refractivity contribution in [1.82, 2.24) is 0 Å². The van der Waals surface area contributed by atoms with Gasteiger partial charge in [-0.15, -0.1) is 0 Å². The molecule has 7 unspecified atom stereocenters. The van der Waals surface area contributed by atoms with Crippen molar-refractivity contribution in [2.45, 2.75) is 129 Å². The Morgan fingerprint density at radius 3 is 1.08 bits per heavy atom. The van der Waals surface area contributed by atoms with Crippen molar-refractivity contribution in [3.63, 3.8) is 0 Å². The molecule has 0 aromatic carbocycles. The fourth-order valence-corrected chi connectivity index (χ4v) is 116. The molecule has 0 bridgehead atoms. The predicted molar refractivity (Wildman–Crippen MR) is 137 cm³/mol. The van der Waals surface area contributed by atoms with Crippen molar-refractivity contribution in [1.29, 1.82) is 0 Å². The molecule has 0 aromatic heterocycles. The third kappa shape index (κ3) is 8.75. The molecule has 0 aliphatic carbocycles. The lowest BCUT2D eigenvalue weighted by Gasteiger charge is -2.42.